The Balaban J connectivity index is 0.00000210. The van der Waals surface area contributed by atoms with Crippen LogP contribution in [-0.2, 0) is 16.0 Å². The van der Waals surface area contributed by atoms with E-state index in [0.29, 0.717) is 18.8 Å². The Hall–Kier alpha value is -1.85. The molecule has 1 unspecified atom stereocenters. The highest BCUT2D eigenvalue weighted by Gasteiger charge is 2.48. The van der Waals surface area contributed by atoms with Gasteiger partial charge in [0.05, 0.1) is 18.7 Å². The van der Waals surface area contributed by atoms with E-state index >= 15 is 0 Å². The van der Waals surface area contributed by atoms with Crippen molar-refractivity contribution in [1.82, 2.24) is 9.88 Å². The third-order valence-corrected chi connectivity index (χ3v) is 6.49. The highest BCUT2D eigenvalue weighted by atomic mass is 35.5. The second kappa shape index (κ2) is 7.64. The Labute approximate surface area is 165 Å². The van der Waals surface area contributed by atoms with E-state index in [1.807, 2.05) is 18.2 Å². The van der Waals surface area contributed by atoms with Crippen molar-refractivity contribution in [2.75, 3.05) is 20.7 Å². The molecule has 0 saturated carbocycles. The molecule has 1 N–H and O–H groups in total. The molecule has 6 heteroatoms. The van der Waals surface area contributed by atoms with E-state index in [0.717, 1.165) is 35.1 Å². The molecule has 1 aromatic carbocycles. The standard InChI is InChI=1S/C21H26N2O3.ClH/c1-4-12-11-23(2)17-9-15-13-7-5-6-8-16(13)22-20(15)18(24)10-14(12)19(17)21(25)26-3;/h5-8,12,14,17,19,22H,4,9-11H2,1-3H3;1H/t12-,14?,17+,19+;/m1./s1. The Bertz CT molecular complexity index is 862. The van der Waals surface area contributed by atoms with Crippen molar-refractivity contribution in [3.8, 4) is 0 Å². The van der Waals surface area contributed by atoms with E-state index < -0.39 is 0 Å². The predicted molar refractivity (Wildman–Crippen MR) is 107 cm³/mol. The van der Waals surface area contributed by atoms with Gasteiger partial charge in [-0.05, 0) is 36.9 Å². The molecule has 1 aliphatic heterocycles. The van der Waals surface area contributed by atoms with Crippen LogP contribution >= 0.6 is 12.4 Å². The lowest BCUT2D eigenvalue weighted by atomic mass is 9.67. The number of nitrogens with zero attached hydrogens (tertiary/aromatic N) is 1. The van der Waals surface area contributed by atoms with Crippen LogP contribution in [0, 0.1) is 17.8 Å². The maximum atomic E-state index is 13.1. The quantitative estimate of drug-likeness (QED) is 0.797. The van der Waals surface area contributed by atoms with Crippen LogP contribution in [0.3, 0.4) is 0 Å². The van der Waals surface area contributed by atoms with Gasteiger partial charge < -0.3 is 14.6 Å². The van der Waals surface area contributed by atoms with Crippen LogP contribution in [0.4, 0.5) is 0 Å². The Morgan fingerprint density at radius 2 is 2.04 bits per heavy atom. The molecule has 4 atom stereocenters. The molecule has 2 aromatic rings. The van der Waals surface area contributed by atoms with Crippen molar-refractivity contribution in [1.29, 1.82) is 0 Å². The van der Waals surface area contributed by atoms with Crippen LogP contribution in [0.2, 0.25) is 0 Å². The number of para-hydroxylation sites is 1. The van der Waals surface area contributed by atoms with Crippen LogP contribution in [0.1, 0.15) is 35.8 Å². The summed E-state index contributed by atoms with van der Waals surface area (Å²) in [5.41, 5.74) is 2.77. The summed E-state index contributed by atoms with van der Waals surface area (Å²) in [5.74, 6) is 0.0584. The smallest absolute Gasteiger partial charge is 0.310 e. The molecule has 5 nitrogen and oxygen atoms in total. The van der Waals surface area contributed by atoms with Crippen LogP contribution in [-0.4, -0.2) is 48.4 Å². The van der Waals surface area contributed by atoms with Gasteiger partial charge in [-0.1, -0.05) is 31.5 Å². The minimum Gasteiger partial charge on any atom is -0.469 e. The number of carbonyl (C=O) groups excluding carboxylic acids is 2. The third kappa shape index (κ3) is 3.17. The summed E-state index contributed by atoms with van der Waals surface area (Å²) in [6.07, 6.45) is 2.05. The number of hydrogen-bond donors (Lipinski definition) is 1. The lowest BCUT2D eigenvalue weighted by Crippen LogP contribution is -2.56. The van der Waals surface area contributed by atoms with E-state index in [-0.39, 0.29) is 42.0 Å². The number of likely N-dealkylation sites (N-methyl/N-ethyl adjacent to an activating group) is 1. The monoisotopic (exact) mass is 390 g/mol. The molecule has 27 heavy (non-hydrogen) atoms. The molecule has 2 aliphatic rings. The minimum absolute atomic E-state index is 0. The first-order valence-electron chi connectivity index (χ1n) is 9.46. The van der Waals surface area contributed by atoms with Crippen molar-refractivity contribution in [2.45, 2.75) is 32.2 Å². The van der Waals surface area contributed by atoms with Crippen LogP contribution < -0.4 is 0 Å². The molecule has 2 heterocycles. The number of ether oxygens (including phenoxy) is 1. The highest BCUT2D eigenvalue weighted by Crippen LogP contribution is 2.42. The number of halogens is 1. The van der Waals surface area contributed by atoms with E-state index in [4.69, 9.17) is 4.74 Å². The van der Waals surface area contributed by atoms with Crippen molar-refractivity contribution in [2.24, 2.45) is 17.8 Å². The SMILES string of the molecule is CC[C@@H]1CN(C)[C@H]2Cc3c([nH]c4ccccc34)C(=O)CC1[C@@H]2C(=O)OC.Cl. The number of likely N-dealkylation sites (tertiary alicyclic amines) is 1. The van der Waals surface area contributed by atoms with Crippen molar-refractivity contribution >= 4 is 35.1 Å². The molecule has 146 valence electrons. The van der Waals surface area contributed by atoms with Crippen molar-refractivity contribution in [3.63, 3.8) is 0 Å². The number of nitrogens with one attached hydrogen (secondary N) is 1. The number of methoxy groups -OCH3 is 1. The molecule has 0 amide bonds. The number of carbonyl (C=O) groups is 2. The van der Waals surface area contributed by atoms with Gasteiger partial charge in [-0.25, -0.2) is 0 Å². The normalized spacial score (nSPS) is 28.0. The molecule has 1 aromatic heterocycles. The molecule has 1 saturated heterocycles. The highest BCUT2D eigenvalue weighted by molar-refractivity contribution is 6.03. The van der Waals surface area contributed by atoms with Gasteiger partial charge in [0.1, 0.15) is 0 Å². The Morgan fingerprint density at radius 3 is 2.74 bits per heavy atom. The van der Waals surface area contributed by atoms with E-state index in [9.17, 15) is 9.59 Å². The van der Waals surface area contributed by atoms with Crippen LogP contribution in [0.25, 0.3) is 10.9 Å². The number of aromatic amines is 1. The number of benzene rings is 1. The van der Waals surface area contributed by atoms with E-state index in [1.165, 1.54) is 7.11 Å². The molecule has 0 spiro atoms. The lowest BCUT2D eigenvalue weighted by Gasteiger charge is -2.47. The van der Waals surface area contributed by atoms with Crippen molar-refractivity contribution < 1.29 is 14.3 Å². The van der Waals surface area contributed by atoms with Gasteiger partial charge >= 0.3 is 5.97 Å². The van der Waals surface area contributed by atoms with Gasteiger partial charge in [0.2, 0.25) is 0 Å². The fourth-order valence-electron chi connectivity index (χ4n) is 5.15. The zero-order chi connectivity index (χ0) is 18.4. The van der Waals surface area contributed by atoms with E-state index in [1.54, 1.807) is 0 Å². The molecule has 4 rings (SSSR count). The number of aromatic nitrogens is 1. The maximum Gasteiger partial charge on any atom is 0.310 e. The van der Waals surface area contributed by atoms with Gasteiger partial charge in [-0.2, -0.15) is 0 Å². The molecule has 1 aliphatic carbocycles. The minimum atomic E-state index is -0.255. The number of hydrogen-bond acceptors (Lipinski definition) is 4. The summed E-state index contributed by atoms with van der Waals surface area (Å²) in [5, 5.41) is 1.09. The molecule has 1 fully saturated rings. The van der Waals surface area contributed by atoms with Crippen LogP contribution in [0.5, 0.6) is 0 Å². The average Bonchev–Trinajstić information content (AvgIpc) is 3.01. The lowest BCUT2D eigenvalue weighted by molar-refractivity contribution is -0.154. The summed E-state index contributed by atoms with van der Waals surface area (Å²) in [6.45, 7) is 3.06. The summed E-state index contributed by atoms with van der Waals surface area (Å²) >= 11 is 0. The summed E-state index contributed by atoms with van der Waals surface area (Å²) in [7, 11) is 3.55. The molecule has 0 radical (unpaired) electrons. The maximum absolute atomic E-state index is 13.1. The second-order valence-corrected chi connectivity index (χ2v) is 7.74. The fourth-order valence-corrected chi connectivity index (χ4v) is 5.15. The van der Waals surface area contributed by atoms with E-state index in [2.05, 4.69) is 29.9 Å². The first-order valence-corrected chi connectivity index (χ1v) is 9.46. The van der Waals surface area contributed by atoms with Gasteiger partial charge in [-0.15, -0.1) is 12.4 Å². The van der Waals surface area contributed by atoms with Crippen LogP contribution in [0.15, 0.2) is 24.3 Å². The number of esters is 1. The zero-order valence-electron chi connectivity index (χ0n) is 16.0. The molecular formula is C21H27ClN2O3. The van der Waals surface area contributed by atoms with Gasteiger partial charge in [-0.3, -0.25) is 9.59 Å². The van der Waals surface area contributed by atoms with Crippen molar-refractivity contribution in [3.05, 3.63) is 35.5 Å². The Morgan fingerprint density at radius 1 is 1.30 bits per heavy atom. The number of Topliss-reactive ketones (excluding diaryl/α,β-unsaturated/α-hetero) is 1. The number of fused-ring (bicyclic) bond motifs is 5. The topological polar surface area (TPSA) is 62.4 Å². The number of ketones is 1. The fraction of sp³-hybridized carbons (Fsp3) is 0.524. The second-order valence-electron chi connectivity index (χ2n) is 7.74. The van der Waals surface area contributed by atoms with Gasteiger partial charge in [0.15, 0.2) is 5.78 Å². The summed E-state index contributed by atoms with van der Waals surface area (Å²) < 4.78 is 5.17. The first kappa shape index (κ1) is 19.9. The third-order valence-electron chi connectivity index (χ3n) is 6.49. The molecular weight excluding hydrogens is 364 g/mol. The first-order chi connectivity index (χ1) is 12.5. The number of rotatable bonds is 2. The predicted octanol–water partition coefficient (Wildman–Crippen LogP) is 3.46. The summed E-state index contributed by atoms with van der Waals surface area (Å²) in [4.78, 5) is 31.5. The van der Waals surface area contributed by atoms with Gasteiger partial charge in [0, 0.05) is 29.9 Å². The largest absolute Gasteiger partial charge is 0.469 e. The number of piperidine rings is 1. The van der Waals surface area contributed by atoms with Gasteiger partial charge in [0.25, 0.3) is 0 Å². The molecule has 2 bridgehead atoms. The summed E-state index contributed by atoms with van der Waals surface area (Å²) in [6, 6.07) is 8.10. The Kier molecular flexibility index (Phi) is 5.63. The zero-order valence-corrected chi connectivity index (χ0v) is 16.8. The average molecular weight is 391 g/mol. The number of H-pyrrole nitrogens is 1.